The molecule has 0 unspecified atom stereocenters. The molecule has 3 rings (SSSR count). The van der Waals surface area contributed by atoms with Crippen LogP contribution in [0.2, 0.25) is 0 Å². The Morgan fingerprint density at radius 2 is 2.08 bits per heavy atom. The van der Waals surface area contributed by atoms with Crippen molar-refractivity contribution < 1.29 is 14.3 Å². The molecule has 1 atom stereocenters. The number of rotatable bonds is 5. The summed E-state index contributed by atoms with van der Waals surface area (Å²) in [6, 6.07) is 11.0. The average Bonchev–Trinajstić information content (AvgIpc) is 3.02. The van der Waals surface area contributed by atoms with Crippen LogP contribution in [0.15, 0.2) is 42.5 Å². The van der Waals surface area contributed by atoms with Crippen LogP contribution in [0.3, 0.4) is 0 Å². The van der Waals surface area contributed by atoms with E-state index < -0.39 is 0 Å². The summed E-state index contributed by atoms with van der Waals surface area (Å²) in [5.41, 5.74) is 2.45. The van der Waals surface area contributed by atoms with Gasteiger partial charge in [-0.3, -0.25) is 9.89 Å². The van der Waals surface area contributed by atoms with E-state index >= 15 is 0 Å². The minimum absolute atomic E-state index is 0.119. The lowest BCUT2D eigenvalue weighted by Gasteiger charge is -2.19. The molecule has 0 spiro atoms. The number of carbonyl (C=O) groups excluding carboxylic acids is 1. The summed E-state index contributed by atoms with van der Waals surface area (Å²) in [4.78, 5) is 12.5. The van der Waals surface area contributed by atoms with Crippen LogP contribution in [0, 0.1) is 11.7 Å². The molecule has 3 N–H and O–H groups in total. The maximum Gasteiger partial charge on any atom is 0.251 e. The summed E-state index contributed by atoms with van der Waals surface area (Å²) >= 11 is 0. The second kappa shape index (κ2) is 7.03. The number of fused-ring (bicyclic) bond motifs is 1. The Morgan fingerprint density at radius 1 is 1.28 bits per heavy atom. The molecule has 130 valence electrons. The largest absolute Gasteiger partial charge is 0.394 e. The van der Waals surface area contributed by atoms with E-state index in [0.29, 0.717) is 16.8 Å². The van der Waals surface area contributed by atoms with Gasteiger partial charge in [-0.05, 0) is 36.2 Å². The molecule has 0 saturated heterocycles. The lowest BCUT2D eigenvalue weighted by molar-refractivity contribution is 0.0897. The Kier molecular flexibility index (Phi) is 4.81. The van der Waals surface area contributed by atoms with Crippen molar-refractivity contribution >= 4 is 16.8 Å². The molecule has 0 radical (unpaired) electrons. The van der Waals surface area contributed by atoms with Crippen molar-refractivity contribution in [2.24, 2.45) is 5.92 Å². The number of halogens is 1. The van der Waals surface area contributed by atoms with Gasteiger partial charge in [-0.15, -0.1) is 0 Å². The van der Waals surface area contributed by atoms with Gasteiger partial charge in [0.15, 0.2) is 0 Å². The van der Waals surface area contributed by atoms with Gasteiger partial charge >= 0.3 is 0 Å². The van der Waals surface area contributed by atoms with Crippen molar-refractivity contribution in [2.75, 3.05) is 6.61 Å². The highest BCUT2D eigenvalue weighted by Crippen LogP contribution is 2.27. The molecule has 0 saturated carbocycles. The van der Waals surface area contributed by atoms with Gasteiger partial charge in [0.2, 0.25) is 0 Å². The summed E-state index contributed by atoms with van der Waals surface area (Å²) in [6.45, 7) is 3.75. The van der Waals surface area contributed by atoms with Gasteiger partial charge in [0.1, 0.15) is 11.5 Å². The van der Waals surface area contributed by atoms with E-state index in [0.717, 1.165) is 10.9 Å². The normalized spacial score (nSPS) is 12.5. The van der Waals surface area contributed by atoms with Gasteiger partial charge in [0, 0.05) is 16.5 Å². The lowest BCUT2D eigenvalue weighted by atomic mass is 10.0. The number of carbonyl (C=O) groups is 1. The van der Waals surface area contributed by atoms with Crippen LogP contribution in [-0.4, -0.2) is 33.9 Å². The minimum atomic E-state index is -0.342. The third kappa shape index (κ3) is 3.53. The van der Waals surface area contributed by atoms with Gasteiger partial charge in [-0.2, -0.15) is 5.10 Å². The Balaban J connectivity index is 1.96. The number of benzene rings is 2. The van der Waals surface area contributed by atoms with E-state index in [9.17, 15) is 14.3 Å². The highest BCUT2D eigenvalue weighted by molar-refractivity contribution is 6.01. The monoisotopic (exact) mass is 341 g/mol. The summed E-state index contributed by atoms with van der Waals surface area (Å²) in [5, 5.41) is 20.1. The first-order valence-electron chi connectivity index (χ1n) is 8.15. The fourth-order valence-electron chi connectivity index (χ4n) is 2.69. The van der Waals surface area contributed by atoms with Crippen molar-refractivity contribution in [3.63, 3.8) is 0 Å². The first kappa shape index (κ1) is 17.1. The van der Waals surface area contributed by atoms with Crippen molar-refractivity contribution in [1.29, 1.82) is 0 Å². The summed E-state index contributed by atoms with van der Waals surface area (Å²) in [7, 11) is 0. The number of aromatic nitrogens is 2. The number of hydrogen-bond donors (Lipinski definition) is 3. The Hall–Kier alpha value is -2.73. The highest BCUT2D eigenvalue weighted by atomic mass is 19.1. The molecular weight excluding hydrogens is 321 g/mol. The number of hydrogen-bond acceptors (Lipinski definition) is 3. The molecule has 0 fully saturated rings. The van der Waals surface area contributed by atoms with E-state index in [-0.39, 0.29) is 30.3 Å². The number of aromatic amines is 1. The number of H-pyrrole nitrogens is 1. The molecule has 1 amide bonds. The maximum absolute atomic E-state index is 13.5. The SMILES string of the molecule is CC(C)[C@@H](CO)NC(=O)c1ccc2[nH]nc(-c3cccc(F)c3)c2c1. The molecule has 2 aromatic carbocycles. The zero-order valence-electron chi connectivity index (χ0n) is 14.1. The fraction of sp³-hybridized carbons (Fsp3) is 0.263. The quantitative estimate of drug-likeness (QED) is 0.667. The van der Waals surface area contributed by atoms with E-state index in [1.54, 1.807) is 30.3 Å². The van der Waals surface area contributed by atoms with Crippen LogP contribution < -0.4 is 5.32 Å². The number of aliphatic hydroxyl groups excluding tert-OH is 1. The fourth-order valence-corrected chi connectivity index (χ4v) is 2.69. The zero-order valence-corrected chi connectivity index (χ0v) is 14.1. The van der Waals surface area contributed by atoms with Gasteiger partial charge in [-0.25, -0.2) is 4.39 Å². The van der Waals surface area contributed by atoms with Crippen LogP contribution in [-0.2, 0) is 0 Å². The molecule has 0 aliphatic heterocycles. The lowest BCUT2D eigenvalue weighted by Crippen LogP contribution is -2.41. The van der Waals surface area contributed by atoms with Crippen molar-refractivity contribution in [3.05, 3.63) is 53.8 Å². The molecule has 1 heterocycles. The molecule has 0 bridgehead atoms. The molecular formula is C19H20FN3O2. The number of nitrogens with zero attached hydrogens (tertiary/aromatic N) is 1. The van der Waals surface area contributed by atoms with Gasteiger partial charge in [0.05, 0.1) is 18.2 Å². The van der Waals surface area contributed by atoms with E-state index in [2.05, 4.69) is 15.5 Å². The van der Waals surface area contributed by atoms with E-state index in [1.165, 1.54) is 12.1 Å². The summed E-state index contributed by atoms with van der Waals surface area (Å²) < 4.78 is 13.5. The highest BCUT2D eigenvalue weighted by Gasteiger charge is 2.17. The summed E-state index contributed by atoms with van der Waals surface area (Å²) in [6.07, 6.45) is 0. The molecule has 6 heteroatoms. The molecule has 3 aromatic rings. The van der Waals surface area contributed by atoms with Crippen molar-refractivity contribution in [3.8, 4) is 11.3 Å². The first-order valence-corrected chi connectivity index (χ1v) is 8.15. The van der Waals surface area contributed by atoms with Gasteiger partial charge in [0.25, 0.3) is 5.91 Å². The van der Waals surface area contributed by atoms with Crippen molar-refractivity contribution in [1.82, 2.24) is 15.5 Å². The average molecular weight is 341 g/mol. The summed E-state index contributed by atoms with van der Waals surface area (Å²) in [5.74, 6) is -0.485. The van der Waals surface area contributed by atoms with E-state index in [1.807, 2.05) is 13.8 Å². The van der Waals surface area contributed by atoms with Crippen LogP contribution in [0.1, 0.15) is 24.2 Å². The van der Waals surface area contributed by atoms with Crippen LogP contribution in [0.5, 0.6) is 0 Å². The second-order valence-electron chi connectivity index (χ2n) is 6.35. The smallest absolute Gasteiger partial charge is 0.251 e. The Labute approximate surface area is 144 Å². The first-order chi connectivity index (χ1) is 12.0. The number of amides is 1. The van der Waals surface area contributed by atoms with Gasteiger partial charge in [-0.1, -0.05) is 26.0 Å². The predicted molar refractivity (Wildman–Crippen MR) is 94.7 cm³/mol. The second-order valence-corrected chi connectivity index (χ2v) is 6.35. The number of aliphatic hydroxyl groups is 1. The molecule has 0 aliphatic carbocycles. The van der Waals surface area contributed by atoms with Crippen LogP contribution in [0.25, 0.3) is 22.2 Å². The topological polar surface area (TPSA) is 78.0 Å². The van der Waals surface area contributed by atoms with E-state index in [4.69, 9.17) is 0 Å². The predicted octanol–water partition coefficient (Wildman–Crippen LogP) is 3.12. The Morgan fingerprint density at radius 3 is 2.76 bits per heavy atom. The maximum atomic E-state index is 13.5. The molecule has 25 heavy (non-hydrogen) atoms. The molecule has 0 aliphatic rings. The number of nitrogens with one attached hydrogen (secondary N) is 2. The van der Waals surface area contributed by atoms with Crippen LogP contribution >= 0.6 is 0 Å². The zero-order chi connectivity index (χ0) is 18.0. The molecule has 5 nitrogen and oxygen atoms in total. The third-order valence-corrected chi connectivity index (χ3v) is 4.24. The Bertz CT molecular complexity index is 905. The molecule has 1 aromatic heterocycles. The van der Waals surface area contributed by atoms with Crippen LogP contribution in [0.4, 0.5) is 4.39 Å². The van der Waals surface area contributed by atoms with Crippen molar-refractivity contribution in [2.45, 2.75) is 19.9 Å². The third-order valence-electron chi connectivity index (χ3n) is 4.24. The minimum Gasteiger partial charge on any atom is -0.394 e. The standard InChI is InChI=1S/C19H20FN3O2/c1-11(2)17(10-24)21-19(25)13-6-7-16-15(9-13)18(23-22-16)12-4-3-5-14(20)8-12/h3-9,11,17,24H,10H2,1-2H3,(H,21,25)(H,22,23)/t17-/m1/s1. The van der Waals surface area contributed by atoms with Gasteiger partial charge < -0.3 is 10.4 Å².